The Morgan fingerprint density at radius 3 is 2.56 bits per heavy atom. The van der Waals surface area contributed by atoms with Gasteiger partial charge in [-0.25, -0.2) is 9.59 Å². The van der Waals surface area contributed by atoms with E-state index < -0.39 is 17.8 Å². The van der Waals surface area contributed by atoms with E-state index in [0.717, 1.165) is 25.7 Å². The van der Waals surface area contributed by atoms with Gasteiger partial charge in [-0.2, -0.15) is 0 Å². The zero-order chi connectivity index (χ0) is 19.2. The minimum absolute atomic E-state index is 0.359. The maximum absolute atomic E-state index is 12.1. The first-order valence-corrected chi connectivity index (χ1v) is 9.74. The van der Waals surface area contributed by atoms with Crippen LogP contribution in [0.25, 0.3) is 0 Å². The molecule has 1 aromatic carbocycles. The standard InChI is InChI=1S/C20H21NO5S/c1-2-10-25-19(23)13-6-8-15(9-7-13)21-18(22)12-26-20(24)17-11-14-4-3-5-16(14)27-17/h6-9,11H,2-5,10,12H2,1H3,(H,21,22). The molecule has 0 radical (unpaired) electrons. The summed E-state index contributed by atoms with van der Waals surface area (Å²) in [6, 6.07) is 8.22. The van der Waals surface area contributed by atoms with Crippen LogP contribution >= 0.6 is 11.3 Å². The van der Waals surface area contributed by atoms with Crippen molar-refractivity contribution in [3.8, 4) is 0 Å². The smallest absolute Gasteiger partial charge is 0.348 e. The summed E-state index contributed by atoms with van der Waals surface area (Å²) in [5, 5.41) is 2.63. The van der Waals surface area contributed by atoms with Gasteiger partial charge in [0.05, 0.1) is 12.2 Å². The second-order valence-corrected chi connectivity index (χ2v) is 7.39. The van der Waals surface area contributed by atoms with Gasteiger partial charge in [-0.3, -0.25) is 4.79 Å². The predicted octanol–water partition coefficient (Wildman–Crippen LogP) is 3.60. The molecule has 0 saturated heterocycles. The molecule has 1 aromatic heterocycles. The number of rotatable bonds is 7. The summed E-state index contributed by atoms with van der Waals surface area (Å²) in [6.45, 7) is 1.93. The van der Waals surface area contributed by atoms with Gasteiger partial charge in [-0.1, -0.05) is 6.92 Å². The van der Waals surface area contributed by atoms with Crippen LogP contribution < -0.4 is 5.32 Å². The Morgan fingerprint density at radius 1 is 1.07 bits per heavy atom. The van der Waals surface area contributed by atoms with Crippen molar-refractivity contribution < 1.29 is 23.9 Å². The number of thiophene rings is 1. The lowest BCUT2D eigenvalue weighted by atomic mass is 10.2. The van der Waals surface area contributed by atoms with Gasteiger partial charge in [0.2, 0.25) is 0 Å². The molecule has 0 atom stereocenters. The van der Waals surface area contributed by atoms with E-state index >= 15 is 0 Å². The molecule has 1 amide bonds. The van der Waals surface area contributed by atoms with Crippen molar-refractivity contribution in [3.05, 3.63) is 51.2 Å². The van der Waals surface area contributed by atoms with Crippen molar-refractivity contribution >= 4 is 34.9 Å². The Labute approximate surface area is 161 Å². The Morgan fingerprint density at radius 2 is 1.85 bits per heavy atom. The van der Waals surface area contributed by atoms with E-state index in [1.54, 1.807) is 24.3 Å². The third-order valence-electron chi connectivity index (χ3n) is 4.12. The molecule has 3 rings (SSSR count). The predicted molar refractivity (Wildman–Crippen MR) is 102 cm³/mol. The lowest BCUT2D eigenvalue weighted by molar-refractivity contribution is -0.119. The summed E-state index contributed by atoms with van der Waals surface area (Å²) in [7, 11) is 0. The number of amides is 1. The second-order valence-electron chi connectivity index (χ2n) is 6.25. The number of hydrogen-bond acceptors (Lipinski definition) is 6. The van der Waals surface area contributed by atoms with Gasteiger partial charge in [0.15, 0.2) is 6.61 Å². The average molecular weight is 387 g/mol. The van der Waals surface area contributed by atoms with E-state index in [1.165, 1.54) is 21.8 Å². The average Bonchev–Trinajstić information content (AvgIpc) is 3.27. The Balaban J connectivity index is 1.47. The highest BCUT2D eigenvalue weighted by atomic mass is 32.1. The molecular weight excluding hydrogens is 366 g/mol. The third-order valence-corrected chi connectivity index (χ3v) is 5.34. The van der Waals surface area contributed by atoms with E-state index in [0.29, 0.717) is 22.7 Å². The lowest BCUT2D eigenvalue weighted by Crippen LogP contribution is -2.20. The highest BCUT2D eigenvalue weighted by Gasteiger charge is 2.20. The van der Waals surface area contributed by atoms with Gasteiger partial charge in [0.1, 0.15) is 4.88 Å². The molecular formula is C20H21NO5S. The zero-order valence-electron chi connectivity index (χ0n) is 15.1. The van der Waals surface area contributed by atoms with Crippen LogP contribution in [0.1, 0.15) is 50.2 Å². The van der Waals surface area contributed by atoms with Crippen LogP contribution in [0.15, 0.2) is 30.3 Å². The number of aryl methyl sites for hydroxylation is 2. The summed E-state index contributed by atoms with van der Waals surface area (Å²) >= 11 is 1.45. The summed E-state index contributed by atoms with van der Waals surface area (Å²) in [6.07, 6.45) is 3.90. The van der Waals surface area contributed by atoms with Crippen LogP contribution in [0.3, 0.4) is 0 Å². The molecule has 0 spiro atoms. The van der Waals surface area contributed by atoms with Crippen molar-refractivity contribution in [1.82, 2.24) is 0 Å². The number of esters is 2. The summed E-state index contributed by atoms with van der Waals surface area (Å²) < 4.78 is 10.1. The van der Waals surface area contributed by atoms with Crippen molar-refractivity contribution in [3.63, 3.8) is 0 Å². The van der Waals surface area contributed by atoms with Crippen LogP contribution in [0, 0.1) is 0 Å². The molecule has 0 aliphatic heterocycles. The molecule has 1 aliphatic carbocycles. The first kappa shape index (κ1) is 19.1. The van der Waals surface area contributed by atoms with Crippen molar-refractivity contribution in [2.45, 2.75) is 32.6 Å². The molecule has 2 aromatic rings. The van der Waals surface area contributed by atoms with Gasteiger partial charge in [-0.15, -0.1) is 11.3 Å². The lowest BCUT2D eigenvalue weighted by Gasteiger charge is -2.07. The highest BCUT2D eigenvalue weighted by molar-refractivity contribution is 7.14. The zero-order valence-corrected chi connectivity index (χ0v) is 15.9. The molecule has 1 aliphatic rings. The molecule has 0 unspecified atom stereocenters. The van der Waals surface area contributed by atoms with Crippen LogP contribution in [0.5, 0.6) is 0 Å². The fourth-order valence-corrected chi connectivity index (χ4v) is 3.94. The molecule has 0 saturated carbocycles. The minimum atomic E-state index is -0.474. The summed E-state index contributed by atoms with van der Waals surface area (Å²) in [5.74, 6) is -1.31. The molecule has 142 valence electrons. The number of nitrogens with one attached hydrogen (secondary N) is 1. The van der Waals surface area contributed by atoms with Gasteiger partial charge in [0.25, 0.3) is 5.91 Å². The molecule has 27 heavy (non-hydrogen) atoms. The second kappa shape index (κ2) is 8.81. The Kier molecular flexibility index (Phi) is 6.24. The largest absolute Gasteiger partial charge is 0.462 e. The Bertz CT molecular complexity index is 819. The monoisotopic (exact) mass is 387 g/mol. The number of carbonyl (C=O) groups is 3. The number of anilines is 1. The topological polar surface area (TPSA) is 81.7 Å². The van der Waals surface area contributed by atoms with E-state index in [1.807, 2.05) is 13.0 Å². The van der Waals surface area contributed by atoms with Crippen molar-refractivity contribution in [2.24, 2.45) is 0 Å². The van der Waals surface area contributed by atoms with Crippen molar-refractivity contribution in [1.29, 1.82) is 0 Å². The van der Waals surface area contributed by atoms with Crippen LogP contribution in [0.2, 0.25) is 0 Å². The molecule has 1 N–H and O–H groups in total. The normalized spacial score (nSPS) is 12.3. The highest BCUT2D eigenvalue weighted by Crippen LogP contribution is 2.30. The minimum Gasteiger partial charge on any atom is -0.462 e. The number of fused-ring (bicyclic) bond motifs is 1. The molecule has 0 fully saturated rings. The van der Waals surface area contributed by atoms with E-state index in [9.17, 15) is 14.4 Å². The number of carbonyl (C=O) groups excluding carboxylic acids is 3. The van der Waals surface area contributed by atoms with Crippen LogP contribution in [-0.2, 0) is 27.1 Å². The third kappa shape index (κ3) is 4.95. The van der Waals surface area contributed by atoms with Crippen molar-refractivity contribution in [2.75, 3.05) is 18.5 Å². The van der Waals surface area contributed by atoms with Crippen LogP contribution in [0.4, 0.5) is 5.69 Å². The number of benzene rings is 1. The first-order valence-electron chi connectivity index (χ1n) is 8.92. The van der Waals surface area contributed by atoms with Gasteiger partial charge in [0, 0.05) is 10.6 Å². The van der Waals surface area contributed by atoms with E-state index in [2.05, 4.69) is 5.32 Å². The maximum Gasteiger partial charge on any atom is 0.348 e. The van der Waals surface area contributed by atoms with Crippen LogP contribution in [-0.4, -0.2) is 31.1 Å². The van der Waals surface area contributed by atoms with Gasteiger partial charge >= 0.3 is 11.9 Å². The fraction of sp³-hybridized carbons (Fsp3) is 0.350. The quantitative estimate of drug-likeness (QED) is 0.734. The fourth-order valence-electron chi connectivity index (χ4n) is 2.80. The number of ether oxygens (including phenoxy) is 2. The maximum atomic E-state index is 12.1. The molecule has 0 bridgehead atoms. The van der Waals surface area contributed by atoms with E-state index in [4.69, 9.17) is 9.47 Å². The number of hydrogen-bond donors (Lipinski definition) is 1. The molecule has 6 nitrogen and oxygen atoms in total. The van der Waals surface area contributed by atoms with E-state index in [-0.39, 0.29) is 6.61 Å². The van der Waals surface area contributed by atoms with Gasteiger partial charge in [-0.05, 0) is 61.6 Å². The first-order chi connectivity index (χ1) is 13.1. The molecule has 7 heteroatoms. The van der Waals surface area contributed by atoms with Gasteiger partial charge < -0.3 is 14.8 Å². The summed E-state index contributed by atoms with van der Waals surface area (Å²) in [5.41, 5.74) is 2.14. The molecule has 1 heterocycles. The SMILES string of the molecule is CCCOC(=O)c1ccc(NC(=O)COC(=O)c2cc3c(s2)CCC3)cc1. The summed E-state index contributed by atoms with van der Waals surface area (Å²) in [4.78, 5) is 37.6. The Hall–Kier alpha value is -2.67.